The minimum Gasteiger partial charge on any atom is -0.375 e. The van der Waals surface area contributed by atoms with Crippen LogP contribution in [0.1, 0.15) is 33.1 Å². The van der Waals surface area contributed by atoms with E-state index < -0.39 is 71.9 Å². The Kier molecular flexibility index (Phi) is 6.59. The second-order valence-electron chi connectivity index (χ2n) is 10.2. The molecule has 17 heteroatoms. The molecule has 0 aliphatic carbocycles. The number of alkyl halides is 6. The summed E-state index contributed by atoms with van der Waals surface area (Å²) in [6.45, 7) is -2.99. The largest absolute Gasteiger partial charge is 0.423 e. The van der Waals surface area contributed by atoms with Crippen LogP contribution in [-0.2, 0) is 12.1 Å². The minimum absolute atomic E-state index is 0.00439. The molecule has 230 valence electrons. The number of rotatable bonds is 3. The van der Waals surface area contributed by atoms with E-state index in [1.54, 1.807) is 0 Å². The highest BCUT2D eigenvalue weighted by Gasteiger charge is 2.61. The second kappa shape index (κ2) is 9.79. The molecule has 3 N–H and O–H groups in total. The first-order valence-corrected chi connectivity index (χ1v) is 12.9. The number of carbonyl (C=O) groups excluding carboxylic acids is 2. The van der Waals surface area contributed by atoms with Crippen LogP contribution in [-0.4, -0.2) is 45.7 Å². The molecule has 0 radical (unpaired) electrons. The van der Waals surface area contributed by atoms with Gasteiger partial charge in [-0.25, -0.2) is 13.6 Å². The van der Waals surface area contributed by atoms with Gasteiger partial charge >= 0.3 is 18.4 Å². The van der Waals surface area contributed by atoms with E-state index in [-0.39, 0.29) is 38.3 Å². The Labute approximate surface area is 245 Å². The van der Waals surface area contributed by atoms with E-state index in [9.17, 15) is 49.8 Å². The standard InChI is InChI=1S/C27H16ClF8N5O3/c28-16-3-1-11(29)5-13(16)22-21-17(7-19-14(20(21)23(42)39-22)8-37-41(19)10-26(31,32)33)38-24(43)40-9-25(44,27(34,35)36)15-6-12(30)2-4-18(15)40/h1-8,22,44H,9-10H2,(H,38,43)(H,39,42)/t22-,25-/m0/s1. The molecule has 44 heavy (non-hydrogen) atoms. The first kappa shape index (κ1) is 29.6. The first-order valence-electron chi connectivity index (χ1n) is 12.5. The van der Waals surface area contributed by atoms with Crippen molar-refractivity contribution >= 4 is 45.8 Å². The van der Waals surface area contributed by atoms with Gasteiger partial charge in [0.2, 0.25) is 5.60 Å². The number of anilines is 2. The molecule has 0 unspecified atom stereocenters. The van der Waals surface area contributed by atoms with Crippen molar-refractivity contribution in [3.63, 3.8) is 0 Å². The summed E-state index contributed by atoms with van der Waals surface area (Å²) in [5.41, 5.74) is -6.04. The van der Waals surface area contributed by atoms with Crippen LogP contribution >= 0.6 is 11.6 Å². The van der Waals surface area contributed by atoms with Crippen molar-refractivity contribution in [3.8, 4) is 0 Å². The number of benzene rings is 3. The van der Waals surface area contributed by atoms with E-state index >= 15 is 0 Å². The summed E-state index contributed by atoms with van der Waals surface area (Å²) in [5, 5.41) is 19.0. The van der Waals surface area contributed by atoms with Gasteiger partial charge in [0.25, 0.3) is 5.91 Å². The van der Waals surface area contributed by atoms with Crippen molar-refractivity contribution in [1.82, 2.24) is 15.1 Å². The molecule has 1 aromatic heterocycles. The van der Waals surface area contributed by atoms with Gasteiger partial charge in [0.15, 0.2) is 0 Å². The molecule has 3 aromatic carbocycles. The molecule has 0 spiro atoms. The van der Waals surface area contributed by atoms with Crippen molar-refractivity contribution in [3.05, 3.63) is 87.6 Å². The molecule has 0 saturated heterocycles. The molecular formula is C27H16ClF8N5O3. The van der Waals surface area contributed by atoms with Crippen LogP contribution in [0.25, 0.3) is 10.9 Å². The lowest BCUT2D eigenvalue weighted by atomic mass is 9.94. The normalized spacial score (nSPS) is 19.7. The summed E-state index contributed by atoms with van der Waals surface area (Å²) in [7, 11) is 0. The fourth-order valence-electron chi connectivity index (χ4n) is 5.50. The average molecular weight is 646 g/mol. The van der Waals surface area contributed by atoms with Gasteiger partial charge < -0.3 is 15.7 Å². The fourth-order valence-corrected chi connectivity index (χ4v) is 5.73. The van der Waals surface area contributed by atoms with Crippen LogP contribution in [0, 0.1) is 11.6 Å². The van der Waals surface area contributed by atoms with Crippen molar-refractivity contribution in [2.45, 2.75) is 30.5 Å². The molecule has 8 nitrogen and oxygen atoms in total. The number of nitrogens with zero attached hydrogens (tertiary/aromatic N) is 3. The highest BCUT2D eigenvalue weighted by molar-refractivity contribution is 6.31. The molecular weight excluding hydrogens is 630 g/mol. The van der Waals surface area contributed by atoms with Gasteiger partial charge in [-0.05, 0) is 42.5 Å². The molecule has 3 amide bonds. The zero-order chi connectivity index (χ0) is 31.9. The predicted molar refractivity (Wildman–Crippen MR) is 139 cm³/mol. The number of aliphatic hydroxyl groups is 1. The van der Waals surface area contributed by atoms with Crippen LogP contribution in [0.3, 0.4) is 0 Å². The number of hydrogen-bond donors (Lipinski definition) is 3. The quantitative estimate of drug-likeness (QED) is 0.232. The Morgan fingerprint density at radius 2 is 1.77 bits per heavy atom. The van der Waals surface area contributed by atoms with Crippen LogP contribution in [0.2, 0.25) is 5.02 Å². The topological polar surface area (TPSA) is 99.5 Å². The lowest BCUT2D eigenvalue weighted by Gasteiger charge is -2.27. The lowest BCUT2D eigenvalue weighted by molar-refractivity contribution is -0.258. The van der Waals surface area contributed by atoms with Crippen LogP contribution in [0.5, 0.6) is 0 Å². The molecule has 0 bridgehead atoms. The van der Waals surface area contributed by atoms with Gasteiger partial charge in [0, 0.05) is 27.1 Å². The number of nitrogens with one attached hydrogen (secondary N) is 2. The van der Waals surface area contributed by atoms with Gasteiger partial charge in [-0.15, -0.1) is 0 Å². The fraction of sp³-hybridized carbons (Fsp3) is 0.222. The maximum absolute atomic E-state index is 14.2. The summed E-state index contributed by atoms with van der Waals surface area (Å²) in [5.74, 6) is -2.72. The third-order valence-electron chi connectivity index (χ3n) is 7.42. The van der Waals surface area contributed by atoms with Gasteiger partial charge in [-0.1, -0.05) is 11.6 Å². The first-order chi connectivity index (χ1) is 20.5. The number of carbonyl (C=O) groups is 2. The molecule has 3 heterocycles. The molecule has 0 fully saturated rings. The van der Waals surface area contributed by atoms with Gasteiger partial charge in [-0.2, -0.15) is 31.4 Å². The van der Waals surface area contributed by atoms with E-state index in [1.807, 2.05) is 0 Å². The molecule has 0 saturated carbocycles. The van der Waals surface area contributed by atoms with E-state index in [0.717, 1.165) is 36.5 Å². The Hall–Kier alpha value is -4.44. The summed E-state index contributed by atoms with van der Waals surface area (Å²) in [6.07, 6.45) is -9.10. The monoisotopic (exact) mass is 645 g/mol. The summed E-state index contributed by atoms with van der Waals surface area (Å²) in [6, 6.07) is 3.70. The molecule has 6 rings (SSSR count). The third-order valence-corrected chi connectivity index (χ3v) is 7.76. The smallest absolute Gasteiger partial charge is 0.375 e. The highest BCUT2D eigenvalue weighted by atomic mass is 35.5. The number of fused-ring (bicyclic) bond motifs is 4. The Morgan fingerprint density at radius 1 is 1.09 bits per heavy atom. The second-order valence-corrected chi connectivity index (χ2v) is 10.6. The zero-order valence-electron chi connectivity index (χ0n) is 21.6. The van der Waals surface area contributed by atoms with E-state index in [2.05, 4.69) is 15.7 Å². The zero-order valence-corrected chi connectivity index (χ0v) is 22.4. The summed E-state index contributed by atoms with van der Waals surface area (Å²) >= 11 is 6.27. The molecule has 2 aliphatic heterocycles. The third kappa shape index (κ3) is 4.68. The van der Waals surface area contributed by atoms with Crippen molar-refractivity contribution in [2.75, 3.05) is 16.8 Å². The number of aromatic nitrogens is 2. The SMILES string of the molecule is O=C1N[C@@H](c2cc(F)ccc2Cl)c2c(NC(=O)N3C[C@@](O)(C(F)(F)F)c4cc(F)ccc43)cc3c(cnn3CC(F)(F)F)c21. The van der Waals surface area contributed by atoms with E-state index in [1.165, 1.54) is 6.07 Å². The number of urea groups is 1. The lowest BCUT2D eigenvalue weighted by Crippen LogP contribution is -2.48. The number of hydrogen-bond acceptors (Lipinski definition) is 4. The predicted octanol–water partition coefficient (Wildman–Crippen LogP) is 6.17. The van der Waals surface area contributed by atoms with Crippen molar-refractivity contribution < 1.29 is 49.8 Å². The number of β-amino-alcohol motifs (C(OH)–C–C–N with tert-alkyl or cyclic N) is 1. The Bertz CT molecular complexity index is 1870. The average Bonchev–Trinajstić information content (AvgIpc) is 3.57. The van der Waals surface area contributed by atoms with E-state index in [0.29, 0.717) is 15.6 Å². The van der Waals surface area contributed by atoms with Crippen LogP contribution in [0.4, 0.5) is 51.3 Å². The van der Waals surface area contributed by atoms with Gasteiger partial charge in [-0.3, -0.25) is 14.4 Å². The van der Waals surface area contributed by atoms with Crippen molar-refractivity contribution in [1.29, 1.82) is 0 Å². The van der Waals surface area contributed by atoms with E-state index in [4.69, 9.17) is 11.6 Å². The number of halogens is 9. The van der Waals surface area contributed by atoms with Crippen LogP contribution < -0.4 is 15.5 Å². The Balaban J connectivity index is 1.51. The highest BCUT2D eigenvalue weighted by Crippen LogP contribution is 2.49. The molecule has 2 atom stereocenters. The van der Waals surface area contributed by atoms with Gasteiger partial charge in [0.05, 0.1) is 41.2 Å². The number of amides is 3. The summed E-state index contributed by atoms with van der Waals surface area (Å²) in [4.78, 5) is 27.2. The molecule has 4 aromatic rings. The van der Waals surface area contributed by atoms with Crippen LogP contribution in [0.15, 0.2) is 48.7 Å². The van der Waals surface area contributed by atoms with Gasteiger partial charge in [0.1, 0.15) is 18.2 Å². The molecule has 2 aliphatic rings. The Morgan fingerprint density at radius 3 is 2.45 bits per heavy atom. The summed E-state index contributed by atoms with van der Waals surface area (Å²) < 4.78 is 110. The maximum atomic E-state index is 14.2. The maximum Gasteiger partial charge on any atom is 0.423 e. The minimum atomic E-state index is -5.34. The van der Waals surface area contributed by atoms with Crippen molar-refractivity contribution in [2.24, 2.45) is 0 Å².